The molecule has 0 aliphatic carbocycles. The third-order valence-electron chi connectivity index (χ3n) is 3.77. The van der Waals surface area contributed by atoms with Crippen LogP contribution >= 0.6 is 0 Å². The highest BCUT2D eigenvalue weighted by Gasteiger charge is 2.13. The van der Waals surface area contributed by atoms with E-state index in [9.17, 15) is 13.6 Å². The van der Waals surface area contributed by atoms with Crippen molar-refractivity contribution in [2.75, 3.05) is 14.2 Å². The Morgan fingerprint density at radius 3 is 2.67 bits per heavy atom. The Labute approximate surface area is 153 Å². The molecule has 2 aromatic carbocycles. The van der Waals surface area contributed by atoms with Crippen molar-refractivity contribution in [3.05, 3.63) is 53.3 Å². The summed E-state index contributed by atoms with van der Waals surface area (Å²) in [4.78, 5) is 19.3. The van der Waals surface area contributed by atoms with Gasteiger partial charge in [0.05, 0.1) is 25.3 Å². The van der Waals surface area contributed by atoms with Crippen LogP contribution in [0.5, 0.6) is 11.5 Å². The number of nitrogens with zero attached hydrogens (tertiary/aromatic N) is 1. The van der Waals surface area contributed by atoms with Crippen LogP contribution in [0.4, 0.5) is 8.78 Å². The van der Waals surface area contributed by atoms with Crippen molar-refractivity contribution in [1.82, 2.24) is 9.97 Å². The first-order valence-corrected chi connectivity index (χ1v) is 7.90. The largest absolute Gasteiger partial charge is 0.493 e. The first-order valence-electron chi connectivity index (χ1n) is 7.90. The first-order chi connectivity index (χ1) is 13.0. The maximum Gasteiger partial charge on any atom is 0.387 e. The van der Waals surface area contributed by atoms with Crippen molar-refractivity contribution in [2.24, 2.45) is 0 Å². The summed E-state index contributed by atoms with van der Waals surface area (Å²) in [5.41, 5.74) is 2.25. The van der Waals surface area contributed by atoms with E-state index in [4.69, 9.17) is 9.47 Å². The number of para-hydroxylation sites is 1. The number of fused-ring (bicyclic) bond motifs is 1. The second kappa shape index (κ2) is 7.86. The molecule has 0 aliphatic heterocycles. The maximum absolute atomic E-state index is 12.4. The van der Waals surface area contributed by atoms with Crippen molar-refractivity contribution >= 4 is 29.2 Å². The number of aromatic nitrogens is 2. The number of carbonyl (C=O) groups excluding carboxylic acids is 1. The predicted molar refractivity (Wildman–Crippen MR) is 96.0 cm³/mol. The molecule has 1 aromatic heterocycles. The molecular formula is C19H16F2N2O4. The molecule has 8 heteroatoms. The summed E-state index contributed by atoms with van der Waals surface area (Å²) in [6.45, 7) is -2.93. The van der Waals surface area contributed by atoms with Crippen molar-refractivity contribution in [1.29, 1.82) is 0 Å². The van der Waals surface area contributed by atoms with Gasteiger partial charge in [0.25, 0.3) is 0 Å². The Kier molecular flexibility index (Phi) is 5.35. The fourth-order valence-corrected chi connectivity index (χ4v) is 2.56. The van der Waals surface area contributed by atoms with E-state index >= 15 is 0 Å². The number of ether oxygens (including phenoxy) is 3. The summed E-state index contributed by atoms with van der Waals surface area (Å²) in [5.74, 6) is 0.196. The van der Waals surface area contributed by atoms with Gasteiger partial charge in [0.1, 0.15) is 11.3 Å². The number of carbonyl (C=O) groups is 1. The van der Waals surface area contributed by atoms with E-state index in [1.165, 1.54) is 20.3 Å². The molecular weight excluding hydrogens is 358 g/mol. The van der Waals surface area contributed by atoms with Gasteiger partial charge in [-0.05, 0) is 35.9 Å². The smallest absolute Gasteiger partial charge is 0.387 e. The van der Waals surface area contributed by atoms with Crippen LogP contribution in [-0.2, 0) is 4.74 Å². The quantitative estimate of drug-likeness (QED) is 0.657. The number of esters is 1. The third kappa shape index (κ3) is 4.05. The van der Waals surface area contributed by atoms with Crippen molar-refractivity contribution < 1.29 is 27.8 Å². The fourth-order valence-electron chi connectivity index (χ4n) is 2.56. The summed E-state index contributed by atoms with van der Waals surface area (Å²) in [5, 5.41) is 0. The number of benzene rings is 2. The second-order valence-electron chi connectivity index (χ2n) is 5.44. The van der Waals surface area contributed by atoms with Gasteiger partial charge in [-0.3, -0.25) is 0 Å². The molecule has 0 radical (unpaired) electrons. The zero-order valence-corrected chi connectivity index (χ0v) is 14.5. The standard InChI is InChI=1S/C19H16F2N2O4/c1-25-15-10-11(6-8-14(15)27-19(20)21)7-9-16-22-13-5-3-4-12(17(13)23-16)18(24)26-2/h3-10,19H,1-2H3,(H,22,23). The van der Waals surface area contributed by atoms with Gasteiger partial charge in [0.15, 0.2) is 11.5 Å². The lowest BCUT2D eigenvalue weighted by atomic mass is 10.2. The zero-order valence-electron chi connectivity index (χ0n) is 14.5. The van der Waals surface area contributed by atoms with Gasteiger partial charge in [0, 0.05) is 0 Å². The minimum absolute atomic E-state index is 0.0453. The Hall–Kier alpha value is -3.42. The highest BCUT2D eigenvalue weighted by molar-refractivity contribution is 6.02. The van der Waals surface area contributed by atoms with Crippen LogP contribution in [-0.4, -0.2) is 36.8 Å². The minimum Gasteiger partial charge on any atom is -0.493 e. The Balaban J connectivity index is 1.89. The van der Waals surface area contributed by atoms with Gasteiger partial charge in [-0.15, -0.1) is 0 Å². The maximum atomic E-state index is 12.4. The summed E-state index contributed by atoms with van der Waals surface area (Å²) in [6.07, 6.45) is 3.42. The average Bonchev–Trinajstić information content (AvgIpc) is 3.09. The van der Waals surface area contributed by atoms with Crippen LogP contribution in [0.3, 0.4) is 0 Å². The number of H-pyrrole nitrogens is 1. The summed E-state index contributed by atoms with van der Waals surface area (Å²) in [7, 11) is 2.68. The van der Waals surface area contributed by atoms with Crippen LogP contribution in [0.25, 0.3) is 23.2 Å². The second-order valence-corrected chi connectivity index (χ2v) is 5.44. The van der Waals surface area contributed by atoms with Gasteiger partial charge < -0.3 is 19.2 Å². The van der Waals surface area contributed by atoms with E-state index in [2.05, 4.69) is 14.7 Å². The predicted octanol–water partition coefficient (Wildman–Crippen LogP) is 4.13. The highest BCUT2D eigenvalue weighted by atomic mass is 19.3. The summed E-state index contributed by atoms with van der Waals surface area (Å²) < 4.78 is 39.0. The van der Waals surface area contributed by atoms with Gasteiger partial charge in [-0.1, -0.05) is 18.2 Å². The zero-order chi connectivity index (χ0) is 19.4. The molecule has 0 bridgehead atoms. The number of nitrogens with one attached hydrogen (secondary N) is 1. The number of alkyl halides is 2. The molecule has 140 valence electrons. The molecule has 1 N–H and O–H groups in total. The van der Waals surface area contributed by atoms with Crippen molar-refractivity contribution in [2.45, 2.75) is 6.61 Å². The molecule has 0 spiro atoms. The van der Waals surface area contributed by atoms with Gasteiger partial charge in [0.2, 0.25) is 0 Å². The third-order valence-corrected chi connectivity index (χ3v) is 3.77. The topological polar surface area (TPSA) is 73.4 Å². The molecule has 0 atom stereocenters. The number of halogens is 2. The molecule has 3 rings (SSSR count). The van der Waals surface area contributed by atoms with Gasteiger partial charge in [-0.25, -0.2) is 9.78 Å². The number of rotatable bonds is 6. The van der Waals surface area contributed by atoms with Crippen LogP contribution < -0.4 is 9.47 Å². The van der Waals surface area contributed by atoms with Crippen molar-refractivity contribution in [3.8, 4) is 11.5 Å². The van der Waals surface area contributed by atoms with E-state index in [-0.39, 0.29) is 11.5 Å². The lowest BCUT2D eigenvalue weighted by Gasteiger charge is -2.10. The number of hydrogen-bond acceptors (Lipinski definition) is 5. The van der Waals surface area contributed by atoms with Crippen molar-refractivity contribution in [3.63, 3.8) is 0 Å². The summed E-state index contributed by atoms with van der Waals surface area (Å²) in [6, 6.07) is 9.74. The van der Waals surface area contributed by atoms with E-state index in [1.807, 2.05) is 0 Å². The van der Waals surface area contributed by atoms with E-state index in [1.54, 1.807) is 42.5 Å². The molecule has 0 unspecified atom stereocenters. The Morgan fingerprint density at radius 1 is 1.15 bits per heavy atom. The van der Waals surface area contributed by atoms with E-state index in [0.29, 0.717) is 28.0 Å². The molecule has 0 aliphatic rings. The normalized spacial score (nSPS) is 11.3. The molecule has 0 saturated heterocycles. The average molecular weight is 374 g/mol. The fraction of sp³-hybridized carbons (Fsp3) is 0.158. The first kappa shape index (κ1) is 18.4. The molecule has 0 amide bonds. The molecule has 6 nitrogen and oxygen atoms in total. The number of methoxy groups -OCH3 is 2. The molecule has 0 fully saturated rings. The molecule has 0 saturated carbocycles. The van der Waals surface area contributed by atoms with Crippen LogP contribution in [0.2, 0.25) is 0 Å². The number of aromatic amines is 1. The van der Waals surface area contributed by atoms with Crippen LogP contribution in [0, 0.1) is 0 Å². The van der Waals surface area contributed by atoms with Crippen LogP contribution in [0.1, 0.15) is 21.7 Å². The van der Waals surface area contributed by atoms with Gasteiger partial charge >= 0.3 is 12.6 Å². The van der Waals surface area contributed by atoms with Gasteiger partial charge in [-0.2, -0.15) is 8.78 Å². The Morgan fingerprint density at radius 2 is 1.96 bits per heavy atom. The monoisotopic (exact) mass is 374 g/mol. The molecule has 27 heavy (non-hydrogen) atoms. The number of hydrogen-bond donors (Lipinski definition) is 1. The lowest BCUT2D eigenvalue weighted by Crippen LogP contribution is -2.03. The molecule has 1 heterocycles. The molecule has 3 aromatic rings. The number of imidazole rings is 1. The van der Waals surface area contributed by atoms with Crippen LogP contribution in [0.15, 0.2) is 36.4 Å². The lowest BCUT2D eigenvalue weighted by molar-refractivity contribution is -0.0512. The SMILES string of the molecule is COC(=O)c1cccc2[nH]c(C=Cc3ccc(OC(F)F)c(OC)c3)nc12. The Bertz CT molecular complexity index is 999. The highest BCUT2D eigenvalue weighted by Crippen LogP contribution is 2.30. The van der Waals surface area contributed by atoms with E-state index in [0.717, 1.165) is 0 Å². The van der Waals surface area contributed by atoms with E-state index < -0.39 is 12.6 Å². The minimum atomic E-state index is -2.93. The summed E-state index contributed by atoms with van der Waals surface area (Å²) >= 11 is 0.